The summed E-state index contributed by atoms with van der Waals surface area (Å²) in [5, 5.41) is 4.63. The van der Waals surface area contributed by atoms with Gasteiger partial charge in [0, 0.05) is 31.7 Å². The Morgan fingerprint density at radius 1 is 1.29 bits per heavy atom. The second-order valence-electron chi connectivity index (χ2n) is 7.82. The van der Waals surface area contributed by atoms with Crippen LogP contribution in [0.25, 0.3) is 0 Å². The van der Waals surface area contributed by atoms with Crippen molar-refractivity contribution in [1.29, 1.82) is 0 Å². The molecule has 1 aliphatic heterocycles. The van der Waals surface area contributed by atoms with Gasteiger partial charge in [0.25, 0.3) is 0 Å². The quantitative estimate of drug-likeness (QED) is 0.932. The molecule has 4 nitrogen and oxygen atoms in total. The van der Waals surface area contributed by atoms with Gasteiger partial charge >= 0.3 is 0 Å². The molecular formula is C17H32N4. The second-order valence-corrected chi connectivity index (χ2v) is 7.82. The maximum atomic E-state index is 6.02. The van der Waals surface area contributed by atoms with E-state index in [0.29, 0.717) is 5.41 Å². The van der Waals surface area contributed by atoms with Gasteiger partial charge in [0.2, 0.25) is 0 Å². The number of nitrogens with zero attached hydrogens (tertiary/aromatic N) is 3. The molecule has 1 fully saturated rings. The van der Waals surface area contributed by atoms with Crippen molar-refractivity contribution in [3.8, 4) is 0 Å². The van der Waals surface area contributed by atoms with E-state index in [4.69, 9.17) is 5.73 Å². The minimum Gasteiger partial charge on any atom is -0.357 e. The van der Waals surface area contributed by atoms with Crippen molar-refractivity contribution in [2.24, 2.45) is 24.1 Å². The smallest absolute Gasteiger partial charge is 0.130 e. The number of piperidine rings is 1. The number of nitrogens with two attached hydrogens (primary N) is 1. The molecule has 1 aliphatic rings. The molecule has 2 heterocycles. The molecule has 120 valence electrons. The van der Waals surface area contributed by atoms with Crippen molar-refractivity contribution in [2.45, 2.75) is 59.9 Å². The molecule has 4 heteroatoms. The van der Waals surface area contributed by atoms with E-state index in [1.165, 1.54) is 24.2 Å². The lowest BCUT2D eigenvalue weighted by Crippen LogP contribution is -2.39. The molecule has 1 saturated heterocycles. The normalized spacial score (nSPS) is 19.1. The fraction of sp³-hybridized carbons (Fsp3) is 0.824. The summed E-state index contributed by atoms with van der Waals surface area (Å²) in [6.07, 6.45) is 3.45. The van der Waals surface area contributed by atoms with Crippen molar-refractivity contribution < 1.29 is 0 Å². The van der Waals surface area contributed by atoms with Crippen LogP contribution >= 0.6 is 0 Å². The van der Waals surface area contributed by atoms with Crippen LogP contribution < -0.4 is 10.6 Å². The fourth-order valence-electron chi connectivity index (χ4n) is 3.60. The van der Waals surface area contributed by atoms with E-state index in [9.17, 15) is 0 Å². The third-order valence-electron chi connectivity index (χ3n) is 4.86. The summed E-state index contributed by atoms with van der Waals surface area (Å²) in [6.45, 7) is 13.5. The van der Waals surface area contributed by atoms with E-state index in [2.05, 4.69) is 51.7 Å². The second kappa shape index (κ2) is 5.99. The molecule has 1 unspecified atom stereocenters. The van der Waals surface area contributed by atoms with Crippen LogP contribution in [-0.2, 0) is 13.5 Å². The summed E-state index contributed by atoms with van der Waals surface area (Å²) < 4.78 is 2.05. The Hall–Kier alpha value is -1.03. The first kappa shape index (κ1) is 16.3. The maximum Gasteiger partial charge on any atom is 0.130 e. The van der Waals surface area contributed by atoms with E-state index in [1.807, 2.05) is 4.68 Å². The Balaban J connectivity index is 2.17. The highest BCUT2D eigenvalue weighted by atomic mass is 15.4. The molecule has 0 amide bonds. The van der Waals surface area contributed by atoms with Gasteiger partial charge in [-0.3, -0.25) is 4.68 Å². The van der Waals surface area contributed by atoms with Gasteiger partial charge in [-0.25, -0.2) is 0 Å². The van der Waals surface area contributed by atoms with Gasteiger partial charge in [0.1, 0.15) is 5.82 Å². The van der Waals surface area contributed by atoms with Gasteiger partial charge in [-0.05, 0) is 44.4 Å². The first-order chi connectivity index (χ1) is 9.70. The number of aromatic nitrogens is 2. The molecule has 2 N–H and O–H groups in total. The highest BCUT2D eigenvalue weighted by molar-refractivity contribution is 5.51. The van der Waals surface area contributed by atoms with Crippen molar-refractivity contribution in [3.05, 3.63) is 11.3 Å². The van der Waals surface area contributed by atoms with E-state index in [-0.39, 0.29) is 6.04 Å². The summed E-state index contributed by atoms with van der Waals surface area (Å²) in [5.41, 5.74) is 8.91. The summed E-state index contributed by atoms with van der Waals surface area (Å²) in [4.78, 5) is 2.51. The summed E-state index contributed by atoms with van der Waals surface area (Å²) in [6, 6.07) is 0.179. The lowest BCUT2D eigenvalue weighted by Gasteiger charge is -2.40. The van der Waals surface area contributed by atoms with Crippen LogP contribution in [-0.4, -0.2) is 28.9 Å². The van der Waals surface area contributed by atoms with Gasteiger partial charge in [-0.15, -0.1) is 0 Å². The minimum absolute atomic E-state index is 0.179. The van der Waals surface area contributed by atoms with Crippen LogP contribution in [0.2, 0.25) is 0 Å². The molecule has 0 saturated carbocycles. The first-order valence-electron chi connectivity index (χ1n) is 8.23. The third kappa shape index (κ3) is 3.60. The number of anilines is 1. The maximum absolute atomic E-state index is 6.02. The lowest BCUT2D eigenvalue weighted by molar-refractivity contribution is 0.198. The van der Waals surface area contributed by atoms with Gasteiger partial charge < -0.3 is 10.6 Å². The zero-order chi connectivity index (χ0) is 15.8. The highest BCUT2D eigenvalue weighted by Gasteiger charge is 2.30. The van der Waals surface area contributed by atoms with Crippen LogP contribution in [0.4, 0.5) is 5.82 Å². The van der Waals surface area contributed by atoms with Gasteiger partial charge in [0.05, 0.1) is 5.69 Å². The molecule has 2 rings (SSSR count). The molecular weight excluding hydrogens is 260 g/mol. The zero-order valence-corrected chi connectivity index (χ0v) is 14.6. The third-order valence-corrected chi connectivity index (χ3v) is 4.86. The number of hydrogen-bond acceptors (Lipinski definition) is 3. The Morgan fingerprint density at radius 3 is 2.33 bits per heavy atom. The van der Waals surface area contributed by atoms with Gasteiger partial charge in [-0.1, -0.05) is 20.8 Å². The van der Waals surface area contributed by atoms with Crippen LogP contribution in [0.3, 0.4) is 0 Å². The van der Waals surface area contributed by atoms with Gasteiger partial charge in [0.15, 0.2) is 0 Å². The molecule has 0 spiro atoms. The predicted molar refractivity (Wildman–Crippen MR) is 89.7 cm³/mol. The SMILES string of the molecule is Cc1nn(C)c(N2CCC(C(C)(C)C)CC2)c1CC(C)N. The van der Waals surface area contributed by atoms with Crippen molar-refractivity contribution in [2.75, 3.05) is 18.0 Å². The lowest BCUT2D eigenvalue weighted by atomic mass is 9.75. The Kier molecular flexibility index (Phi) is 4.66. The van der Waals surface area contributed by atoms with E-state index in [1.54, 1.807) is 0 Å². The van der Waals surface area contributed by atoms with E-state index in [0.717, 1.165) is 31.1 Å². The largest absolute Gasteiger partial charge is 0.357 e. The van der Waals surface area contributed by atoms with E-state index < -0.39 is 0 Å². The molecule has 0 aliphatic carbocycles. The monoisotopic (exact) mass is 292 g/mol. The summed E-state index contributed by atoms with van der Waals surface area (Å²) in [7, 11) is 2.06. The Labute approximate surface area is 129 Å². The molecule has 1 aromatic heterocycles. The van der Waals surface area contributed by atoms with Crippen LogP contribution in [0.15, 0.2) is 0 Å². The number of aryl methyl sites for hydroxylation is 2. The minimum atomic E-state index is 0.179. The van der Waals surface area contributed by atoms with Crippen LogP contribution in [0.5, 0.6) is 0 Å². The molecule has 21 heavy (non-hydrogen) atoms. The average molecular weight is 292 g/mol. The van der Waals surface area contributed by atoms with Crippen molar-refractivity contribution in [3.63, 3.8) is 0 Å². The summed E-state index contributed by atoms with van der Waals surface area (Å²) >= 11 is 0. The fourth-order valence-corrected chi connectivity index (χ4v) is 3.60. The Bertz CT molecular complexity index is 474. The molecule has 0 aromatic carbocycles. The van der Waals surface area contributed by atoms with Gasteiger partial charge in [-0.2, -0.15) is 5.10 Å². The Morgan fingerprint density at radius 2 is 1.86 bits per heavy atom. The predicted octanol–water partition coefficient (Wildman–Crippen LogP) is 2.88. The molecule has 1 aromatic rings. The summed E-state index contributed by atoms with van der Waals surface area (Å²) in [5.74, 6) is 2.11. The number of hydrogen-bond donors (Lipinski definition) is 1. The molecule has 1 atom stereocenters. The highest BCUT2D eigenvalue weighted by Crippen LogP contribution is 2.36. The first-order valence-corrected chi connectivity index (χ1v) is 8.23. The van der Waals surface area contributed by atoms with Crippen molar-refractivity contribution in [1.82, 2.24) is 9.78 Å². The number of rotatable bonds is 3. The van der Waals surface area contributed by atoms with Crippen molar-refractivity contribution >= 4 is 5.82 Å². The standard InChI is InChI=1S/C17H32N4/c1-12(18)11-15-13(2)19-20(6)16(15)21-9-7-14(8-10-21)17(3,4)5/h12,14H,7-11,18H2,1-6H3. The molecule has 0 bridgehead atoms. The zero-order valence-electron chi connectivity index (χ0n) is 14.6. The molecule has 0 radical (unpaired) electrons. The topological polar surface area (TPSA) is 47.1 Å². The average Bonchev–Trinajstić information content (AvgIpc) is 2.63. The van der Waals surface area contributed by atoms with Crippen LogP contribution in [0.1, 0.15) is 51.8 Å². The van der Waals surface area contributed by atoms with Crippen LogP contribution in [0, 0.1) is 18.3 Å². The van der Waals surface area contributed by atoms with E-state index >= 15 is 0 Å².